The van der Waals surface area contributed by atoms with Crippen molar-refractivity contribution in [2.24, 2.45) is 5.92 Å². The molecule has 0 bridgehead atoms. The van der Waals surface area contributed by atoms with Gasteiger partial charge >= 0.3 is 0 Å². The quantitative estimate of drug-likeness (QED) is 0.791. The number of rotatable bonds is 6. The maximum Gasteiger partial charge on any atom is 0.0685 e. The van der Waals surface area contributed by atoms with Gasteiger partial charge in [0.2, 0.25) is 0 Å². The molecule has 2 atom stereocenters. The summed E-state index contributed by atoms with van der Waals surface area (Å²) < 4.78 is 11.5. The standard InChI is InChI=1S/C15H29NO2/c1-3-9-16-14(12-17-2)13-6-10-18-15(11-13)7-4-5-8-15/h13-14,16H,3-12H2,1-2H3. The van der Waals surface area contributed by atoms with Crippen LogP contribution in [0.25, 0.3) is 0 Å². The summed E-state index contributed by atoms with van der Waals surface area (Å²) in [6, 6.07) is 0.510. The average Bonchev–Trinajstić information content (AvgIpc) is 2.82. The van der Waals surface area contributed by atoms with Crippen molar-refractivity contribution in [2.75, 3.05) is 26.9 Å². The third-order valence-corrected chi connectivity index (χ3v) is 4.62. The van der Waals surface area contributed by atoms with Gasteiger partial charge in [0.25, 0.3) is 0 Å². The van der Waals surface area contributed by atoms with E-state index in [1.165, 1.54) is 44.9 Å². The molecule has 18 heavy (non-hydrogen) atoms. The van der Waals surface area contributed by atoms with Crippen LogP contribution < -0.4 is 5.32 Å². The molecule has 0 aromatic rings. The van der Waals surface area contributed by atoms with Crippen molar-refractivity contribution >= 4 is 0 Å². The Balaban J connectivity index is 1.91. The van der Waals surface area contributed by atoms with Crippen molar-refractivity contribution in [3.63, 3.8) is 0 Å². The van der Waals surface area contributed by atoms with Gasteiger partial charge in [-0.05, 0) is 44.6 Å². The summed E-state index contributed by atoms with van der Waals surface area (Å²) >= 11 is 0. The minimum atomic E-state index is 0.225. The van der Waals surface area contributed by atoms with Crippen molar-refractivity contribution in [1.82, 2.24) is 5.32 Å². The molecule has 1 saturated heterocycles. The van der Waals surface area contributed by atoms with Crippen LogP contribution in [-0.4, -0.2) is 38.5 Å². The van der Waals surface area contributed by atoms with Crippen LogP contribution in [0.2, 0.25) is 0 Å². The van der Waals surface area contributed by atoms with Crippen molar-refractivity contribution in [3.8, 4) is 0 Å². The van der Waals surface area contributed by atoms with Crippen LogP contribution in [0.15, 0.2) is 0 Å². The molecule has 0 aromatic carbocycles. The van der Waals surface area contributed by atoms with E-state index in [0.29, 0.717) is 6.04 Å². The van der Waals surface area contributed by atoms with Crippen LogP contribution >= 0.6 is 0 Å². The van der Waals surface area contributed by atoms with Gasteiger partial charge in [-0.25, -0.2) is 0 Å². The lowest BCUT2D eigenvalue weighted by atomic mass is 9.80. The first-order chi connectivity index (χ1) is 8.79. The lowest BCUT2D eigenvalue weighted by Gasteiger charge is -2.41. The van der Waals surface area contributed by atoms with E-state index in [-0.39, 0.29) is 5.60 Å². The van der Waals surface area contributed by atoms with E-state index in [1.807, 2.05) is 7.11 Å². The molecule has 0 aromatic heterocycles. The molecule has 0 amide bonds. The number of methoxy groups -OCH3 is 1. The summed E-state index contributed by atoms with van der Waals surface area (Å²) in [4.78, 5) is 0. The summed E-state index contributed by atoms with van der Waals surface area (Å²) in [6.45, 7) is 5.09. The highest BCUT2D eigenvalue weighted by molar-refractivity contribution is 4.94. The fourth-order valence-electron chi connectivity index (χ4n) is 3.65. The minimum Gasteiger partial charge on any atom is -0.383 e. The van der Waals surface area contributed by atoms with E-state index in [0.717, 1.165) is 25.7 Å². The first-order valence-electron chi connectivity index (χ1n) is 7.66. The zero-order valence-electron chi connectivity index (χ0n) is 12.0. The Labute approximate surface area is 112 Å². The monoisotopic (exact) mass is 255 g/mol. The molecule has 1 heterocycles. The van der Waals surface area contributed by atoms with Gasteiger partial charge in [0.1, 0.15) is 0 Å². The summed E-state index contributed by atoms with van der Waals surface area (Å²) in [5.41, 5.74) is 0.225. The SMILES string of the molecule is CCCNC(COC)C1CCOC2(CCCC2)C1. The van der Waals surface area contributed by atoms with Gasteiger partial charge in [0, 0.05) is 19.8 Å². The van der Waals surface area contributed by atoms with E-state index < -0.39 is 0 Å². The maximum atomic E-state index is 6.12. The van der Waals surface area contributed by atoms with Crippen molar-refractivity contribution < 1.29 is 9.47 Å². The Hall–Kier alpha value is -0.120. The highest BCUT2D eigenvalue weighted by Gasteiger charge is 2.41. The van der Waals surface area contributed by atoms with Gasteiger partial charge in [-0.3, -0.25) is 0 Å². The Kier molecular flexibility index (Phi) is 5.46. The van der Waals surface area contributed by atoms with Gasteiger partial charge in [0.05, 0.1) is 12.2 Å². The molecule has 3 heteroatoms. The van der Waals surface area contributed by atoms with Gasteiger partial charge in [0.15, 0.2) is 0 Å². The van der Waals surface area contributed by atoms with Crippen LogP contribution in [0, 0.1) is 5.92 Å². The summed E-state index contributed by atoms with van der Waals surface area (Å²) in [5.74, 6) is 0.725. The molecule has 1 aliphatic carbocycles. The highest BCUT2D eigenvalue weighted by atomic mass is 16.5. The van der Waals surface area contributed by atoms with Gasteiger partial charge in [-0.15, -0.1) is 0 Å². The van der Waals surface area contributed by atoms with Crippen LogP contribution in [0.5, 0.6) is 0 Å². The second-order valence-electron chi connectivity index (χ2n) is 6.01. The Morgan fingerprint density at radius 1 is 1.39 bits per heavy atom. The van der Waals surface area contributed by atoms with Crippen LogP contribution in [-0.2, 0) is 9.47 Å². The summed E-state index contributed by atoms with van der Waals surface area (Å²) in [6.07, 6.45) is 8.86. The maximum absolute atomic E-state index is 6.12. The molecule has 106 valence electrons. The molecule has 1 spiro atoms. The molecule has 3 nitrogen and oxygen atoms in total. The zero-order valence-corrected chi connectivity index (χ0v) is 12.0. The largest absolute Gasteiger partial charge is 0.383 e. The normalized spacial score (nSPS) is 28.7. The molecule has 1 N–H and O–H groups in total. The number of hydrogen-bond acceptors (Lipinski definition) is 3. The van der Waals surface area contributed by atoms with Gasteiger partial charge in [-0.2, -0.15) is 0 Å². The molecule has 2 fully saturated rings. The third kappa shape index (κ3) is 3.46. The number of nitrogens with one attached hydrogen (secondary N) is 1. The second kappa shape index (κ2) is 6.88. The molecule has 1 aliphatic heterocycles. The zero-order chi connectivity index (χ0) is 12.8. The predicted octanol–water partition coefficient (Wildman–Crippen LogP) is 2.74. The third-order valence-electron chi connectivity index (χ3n) is 4.62. The van der Waals surface area contributed by atoms with Crippen molar-refractivity contribution in [3.05, 3.63) is 0 Å². The van der Waals surface area contributed by atoms with E-state index >= 15 is 0 Å². The van der Waals surface area contributed by atoms with Gasteiger partial charge in [-0.1, -0.05) is 19.8 Å². The lowest BCUT2D eigenvalue weighted by Crippen LogP contribution is -2.47. The molecule has 2 aliphatic rings. The molecular weight excluding hydrogens is 226 g/mol. The van der Waals surface area contributed by atoms with E-state index in [2.05, 4.69) is 12.2 Å². The van der Waals surface area contributed by atoms with Gasteiger partial charge < -0.3 is 14.8 Å². The van der Waals surface area contributed by atoms with Crippen LogP contribution in [0.1, 0.15) is 51.9 Å². The average molecular weight is 255 g/mol. The van der Waals surface area contributed by atoms with E-state index in [4.69, 9.17) is 9.47 Å². The Morgan fingerprint density at radius 3 is 2.83 bits per heavy atom. The first-order valence-corrected chi connectivity index (χ1v) is 7.66. The van der Waals surface area contributed by atoms with E-state index in [9.17, 15) is 0 Å². The predicted molar refractivity (Wildman–Crippen MR) is 73.8 cm³/mol. The Bertz CT molecular complexity index is 239. The lowest BCUT2D eigenvalue weighted by molar-refractivity contribution is -0.101. The van der Waals surface area contributed by atoms with Crippen LogP contribution in [0.4, 0.5) is 0 Å². The molecular formula is C15H29NO2. The molecule has 1 saturated carbocycles. The fourth-order valence-corrected chi connectivity index (χ4v) is 3.65. The first kappa shape index (κ1) is 14.3. The minimum absolute atomic E-state index is 0.225. The molecule has 2 rings (SSSR count). The highest BCUT2D eigenvalue weighted by Crippen LogP contribution is 2.42. The smallest absolute Gasteiger partial charge is 0.0685 e. The fraction of sp³-hybridized carbons (Fsp3) is 1.00. The topological polar surface area (TPSA) is 30.5 Å². The van der Waals surface area contributed by atoms with Crippen molar-refractivity contribution in [1.29, 1.82) is 0 Å². The summed E-state index contributed by atoms with van der Waals surface area (Å²) in [5, 5.41) is 3.67. The van der Waals surface area contributed by atoms with E-state index in [1.54, 1.807) is 0 Å². The van der Waals surface area contributed by atoms with Crippen molar-refractivity contribution in [2.45, 2.75) is 63.5 Å². The summed E-state index contributed by atoms with van der Waals surface area (Å²) in [7, 11) is 1.81. The molecule has 0 radical (unpaired) electrons. The number of hydrogen-bond donors (Lipinski definition) is 1. The molecule has 2 unspecified atom stereocenters. The second-order valence-corrected chi connectivity index (χ2v) is 6.01. The Morgan fingerprint density at radius 2 is 2.17 bits per heavy atom. The number of ether oxygens (including phenoxy) is 2. The van der Waals surface area contributed by atoms with Crippen LogP contribution in [0.3, 0.4) is 0 Å².